The zero-order valence-electron chi connectivity index (χ0n) is 14.9. The van der Waals surface area contributed by atoms with Crippen LogP contribution in [0.1, 0.15) is 22.3 Å². The number of carbonyl (C=O) groups is 2. The van der Waals surface area contributed by atoms with Crippen LogP contribution in [0.15, 0.2) is 48.7 Å². The lowest BCUT2D eigenvalue weighted by Crippen LogP contribution is -2.37. The highest BCUT2D eigenvalue weighted by Crippen LogP contribution is 2.17. The van der Waals surface area contributed by atoms with Crippen molar-refractivity contribution in [1.29, 1.82) is 0 Å². The lowest BCUT2D eigenvalue weighted by Gasteiger charge is -2.21. The minimum atomic E-state index is -1.05. The molecule has 1 N–H and O–H groups in total. The molecular weight excluding hydrogens is 348 g/mol. The Morgan fingerprint density at radius 3 is 2.78 bits per heavy atom. The number of hydrogen-bond acceptors (Lipinski definition) is 5. The van der Waals surface area contributed by atoms with Crippen LogP contribution in [0.25, 0.3) is 0 Å². The van der Waals surface area contributed by atoms with Crippen LogP contribution in [-0.2, 0) is 16.0 Å². The predicted molar refractivity (Wildman–Crippen MR) is 97.8 cm³/mol. The van der Waals surface area contributed by atoms with Crippen LogP contribution >= 0.6 is 0 Å². The van der Waals surface area contributed by atoms with E-state index in [4.69, 9.17) is 9.47 Å². The van der Waals surface area contributed by atoms with Crippen LogP contribution in [0.5, 0.6) is 5.88 Å². The third-order valence-corrected chi connectivity index (χ3v) is 4.28. The number of hydrogen-bond donors (Lipinski definition) is 1. The van der Waals surface area contributed by atoms with Gasteiger partial charge in [0.2, 0.25) is 5.88 Å². The molecule has 0 bridgehead atoms. The molecule has 1 aromatic heterocycles. The maximum Gasteiger partial charge on any atom is 0.323 e. The van der Waals surface area contributed by atoms with Gasteiger partial charge in [0, 0.05) is 30.8 Å². The van der Waals surface area contributed by atoms with Gasteiger partial charge in [0.25, 0.3) is 5.91 Å². The Morgan fingerprint density at radius 1 is 1.26 bits per heavy atom. The van der Waals surface area contributed by atoms with Gasteiger partial charge in [-0.15, -0.1) is 0 Å². The molecule has 2 aromatic rings. The zero-order valence-corrected chi connectivity index (χ0v) is 14.9. The minimum Gasteiger partial charge on any atom is -0.480 e. The Hall–Kier alpha value is -2.93. The standard InChI is InChI=1S/C20H22N2O5/c23-19(24)13-22(10-7-15-4-2-1-3-5-15)20(25)16-6-9-21-18(12-16)27-17-8-11-26-14-17/h1-6,9,12,17H,7-8,10-11,13-14H2,(H,23,24). The number of ether oxygens (including phenoxy) is 2. The van der Waals surface area contributed by atoms with Crippen LogP contribution in [0.4, 0.5) is 0 Å². The summed E-state index contributed by atoms with van der Waals surface area (Å²) in [5.41, 5.74) is 1.40. The molecule has 0 radical (unpaired) electrons. The molecule has 2 heterocycles. The summed E-state index contributed by atoms with van der Waals surface area (Å²) in [5.74, 6) is -1.07. The molecule has 142 valence electrons. The summed E-state index contributed by atoms with van der Waals surface area (Å²) >= 11 is 0. The fraction of sp³-hybridized carbons (Fsp3) is 0.350. The second kappa shape index (κ2) is 9.14. The Morgan fingerprint density at radius 2 is 2.07 bits per heavy atom. The van der Waals surface area contributed by atoms with Crippen LogP contribution in [-0.4, -0.2) is 59.3 Å². The number of carboxylic acid groups (broad SMARTS) is 1. The molecule has 1 aliphatic heterocycles. The Bertz CT molecular complexity index is 775. The van der Waals surface area contributed by atoms with Crippen molar-refractivity contribution in [3.05, 3.63) is 59.8 Å². The molecule has 1 atom stereocenters. The van der Waals surface area contributed by atoms with Gasteiger partial charge < -0.3 is 19.5 Å². The molecular formula is C20H22N2O5. The van der Waals surface area contributed by atoms with Gasteiger partial charge in [-0.25, -0.2) is 4.98 Å². The van der Waals surface area contributed by atoms with E-state index >= 15 is 0 Å². The van der Waals surface area contributed by atoms with Crippen molar-refractivity contribution < 1.29 is 24.2 Å². The quantitative estimate of drug-likeness (QED) is 0.765. The van der Waals surface area contributed by atoms with Gasteiger partial charge in [-0.2, -0.15) is 0 Å². The largest absolute Gasteiger partial charge is 0.480 e. The zero-order chi connectivity index (χ0) is 19.1. The third kappa shape index (κ3) is 5.52. The van der Waals surface area contributed by atoms with E-state index in [2.05, 4.69) is 4.98 Å². The van der Waals surface area contributed by atoms with E-state index < -0.39 is 5.97 Å². The third-order valence-electron chi connectivity index (χ3n) is 4.28. The van der Waals surface area contributed by atoms with Gasteiger partial charge in [-0.1, -0.05) is 30.3 Å². The topological polar surface area (TPSA) is 89.0 Å². The average molecular weight is 370 g/mol. The molecule has 1 aromatic carbocycles. The van der Waals surface area contributed by atoms with Gasteiger partial charge in [0.15, 0.2) is 0 Å². The summed E-state index contributed by atoms with van der Waals surface area (Å²) < 4.78 is 11.0. The fourth-order valence-electron chi connectivity index (χ4n) is 2.89. The summed E-state index contributed by atoms with van der Waals surface area (Å²) in [6, 6.07) is 12.8. The first-order valence-electron chi connectivity index (χ1n) is 8.87. The maximum absolute atomic E-state index is 12.8. The van der Waals surface area contributed by atoms with E-state index in [0.29, 0.717) is 37.6 Å². The van der Waals surface area contributed by atoms with Gasteiger partial charge in [0.05, 0.1) is 13.2 Å². The highest BCUT2D eigenvalue weighted by molar-refractivity contribution is 5.96. The van der Waals surface area contributed by atoms with Crippen LogP contribution < -0.4 is 4.74 Å². The number of pyridine rings is 1. The monoisotopic (exact) mass is 370 g/mol. The molecule has 1 amide bonds. The van der Waals surface area contributed by atoms with Crippen LogP contribution in [0.3, 0.4) is 0 Å². The number of benzene rings is 1. The predicted octanol–water partition coefficient (Wildman–Crippen LogP) is 2.02. The van der Waals surface area contributed by atoms with Crippen molar-refractivity contribution in [2.24, 2.45) is 0 Å². The van der Waals surface area contributed by atoms with E-state index in [0.717, 1.165) is 12.0 Å². The van der Waals surface area contributed by atoms with Crippen molar-refractivity contribution in [3.63, 3.8) is 0 Å². The summed E-state index contributed by atoms with van der Waals surface area (Å²) in [4.78, 5) is 29.5. The van der Waals surface area contributed by atoms with Gasteiger partial charge in [-0.3, -0.25) is 9.59 Å². The normalized spacial score (nSPS) is 16.1. The van der Waals surface area contributed by atoms with E-state index in [-0.39, 0.29) is 18.6 Å². The highest BCUT2D eigenvalue weighted by Gasteiger charge is 2.21. The lowest BCUT2D eigenvalue weighted by atomic mass is 10.1. The second-order valence-corrected chi connectivity index (χ2v) is 6.34. The molecule has 1 aliphatic rings. The first kappa shape index (κ1) is 18.8. The van der Waals surface area contributed by atoms with Crippen LogP contribution in [0.2, 0.25) is 0 Å². The summed E-state index contributed by atoms with van der Waals surface area (Å²) in [6.45, 7) is 1.10. The molecule has 0 aliphatic carbocycles. The SMILES string of the molecule is O=C(O)CN(CCc1ccccc1)C(=O)c1ccnc(OC2CCOC2)c1. The summed E-state index contributed by atoms with van der Waals surface area (Å²) in [6.07, 6.45) is 2.78. The summed E-state index contributed by atoms with van der Waals surface area (Å²) in [7, 11) is 0. The van der Waals surface area contributed by atoms with E-state index in [1.165, 1.54) is 11.1 Å². The first-order chi connectivity index (χ1) is 13.1. The molecule has 7 heteroatoms. The molecule has 27 heavy (non-hydrogen) atoms. The number of rotatable bonds is 8. The van der Waals surface area contributed by atoms with Crippen LogP contribution in [0, 0.1) is 0 Å². The molecule has 3 rings (SSSR count). The van der Waals surface area contributed by atoms with Gasteiger partial charge in [0.1, 0.15) is 12.6 Å². The Kier molecular flexibility index (Phi) is 6.38. The van der Waals surface area contributed by atoms with Crippen molar-refractivity contribution in [2.45, 2.75) is 18.9 Å². The van der Waals surface area contributed by atoms with E-state index in [9.17, 15) is 14.7 Å². The van der Waals surface area contributed by atoms with E-state index in [1.54, 1.807) is 12.1 Å². The number of nitrogens with zero attached hydrogens (tertiary/aromatic N) is 2. The maximum atomic E-state index is 12.8. The number of amides is 1. The molecule has 7 nitrogen and oxygen atoms in total. The second-order valence-electron chi connectivity index (χ2n) is 6.34. The number of aromatic nitrogens is 1. The van der Waals surface area contributed by atoms with Gasteiger partial charge in [-0.05, 0) is 18.1 Å². The van der Waals surface area contributed by atoms with Crippen molar-refractivity contribution in [2.75, 3.05) is 26.3 Å². The smallest absolute Gasteiger partial charge is 0.323 e. The lowest BCUT2D eigenvalue weighted by molar-refractivity contribution is -0.137. The molecule has 0 spiro atoms. The Balaban J connectivity index is 1.69. The molecule has 0 saturated carbocycles. The number of aliphatic carboxylic acids is 1. The molecule has 1 unspecified atom stereocenters. The minimum absolute atomic E-state index is 0.0731. The molecule has 1 fully saturated rings. The van der Waals surface area contributed by atoms with Gasteiger partial charge >= 0.3 is 5.97 Å². The van der Waals surface area contributed by atoms with E-state index in [1.807, 2.05) is 30.3 Å². The summed E-state index contributed by atoms with van der Waals surface area (Å²) in [5, 5.41) is 9.18. The number of carbonyl (C=O) groups excluding carboxylic acids is 1. The molecule has 1 saturated heterocycles. The fourth-order valence-corrected chi connectivity index (χ4v) is 2.89. The Labute approximate surface area is 157 Å². The first-order valence-corrected chi connectivity index (χ1v) is 8.87. The highest BCUT2D eigenvalue weighted by atomic mass is 16.5. The van der Waals surface area contributed by atoms with Crippen molar-refractivity contribution >= 4 is 11.9 Å². The average Bonchev–Trinajstić information content (AvgIpc) is 3.18. The van der Waals surface area contributed by atoms with Crippen molar-refractivity contribution in [1.82, 2.24) is 9.88 Å². The van der Waals surface area contributed by atoms with Crippen molar-refractivity contribution in [3.8, 4) is 5.88 Å². The number of carboxylic acids is 1.